The van der Waals surface area contributed by atoms with E-state index in [1.54, 1.807) is 26.0 Å². The van der Waals surface area contributed by atoms with Gasteiger partial charge in [-0.1, -0.05) is 13.0 Å². The zero-order chi connectivity index (χ0) is 38.6. The Hall–Kier alpha value is -4.43. The standard InChI is InChI=1S/C37H37F9O6/c1-4-50-31-12-21(3)30(51-11-5-6-32(47)48)19-29(31)28-10-9-25(35(38,39)40)15-23(28)13-22-8-7-20(2)34(52-33(49)14-22)24-16-26(36(41,42)43)18-27(17-24)37(44,45)46/h9-10,12,15-20,22,34H,4-8,11,13-14H2,1-3H3,(H,47,48)/t20-,22?,34+/m1/s1. The summed E-state index contributed by atoms with van der Waals surface area (Å²) in [6.45, 7) is 5.24. The minimum absolute atomic E-state index is 0.0127. The van der Waals surface area contributed by atoms with Crippen LogP contribution in [0.4, 0.5) is 39.5 Å². The van der Waals surface area contributed by atoms with E-state index in [0.29, 0.717) is 40.3 Å². The predicted octanol–water partition coefficient (Wildman–Crippen LogP) is 10.6. The number of hydrogen-bond donors (Lipinski definition) is 1. The molecule has 3 atom stereocenters. The van der Waals surface area contributed by atoms with Gasteiger partial charge < -0.3 is 19.3 Å². The molecule has 1 heterocycles. The molecule has 6 nitrogen and oxygen atoms in total. The molecule has 15 heteroatoms. The summed E-state index contributed by atoms with van der Waals surface area (Å²) in [4.78, 5) is 24.1. The van der Waals surface area contributed by atoms with Crippen molar-refractivity contribution in [2.75, 3.05) is 13.2 Å². The van der Waals surface area contributed by atoms with Crippen LogP contribution in [0.1, 0.15) is 85.4 Å². The third kappa shape index (κ3) is 10.3. The molecule has 52 heavy (non-hydrogen) atoms. The number of cyclic esters (lactones) is 1. The number of benzene rings is 3. The predicted molar refractivity (Wildman–Crippen MR) is 171 cm³/mol. The van der Waals surface area contributed by atoms with Crippen LogP contribution < -0.4 is 9.47 Å². The lowest BCUT2D eigenvalue weighted by atomic mass is 9.82. The number of alkyl halides is 9. The van der Waals surface area contributed by atoms with Gasteiger partial charge in [0.2, 0.25) is 0 Å². The summed E-state index contributed by atoms with van der Waals surface area (Å²) in [7, 11) is 0. The van der Waals surface area contributed by atoms with Gasteiger partial charge in [0.15, 0.2) is 0 Å². The maximum Gasteiger partial charge on any atom is 0.416 e. The van der Waals surface area contributed by atoms with Crippen molar-refractivity contribution in [1.29, 1.82) is 0 Å². The second-order valence-electron chi connectivity index (χ2n) is 12.8. The number of carbonyl (C=O) groups excluding carboxylic acids is 1. The van der Waals surface area contributed by atoms with Crippen molar-refractivity contribution < 1.29 is 68.4 Å². The highest BCUT2D eigenvalue weighted by molar-refractivity contribution is 5.76. The van der Waals surface area contributed by atoms with Crippen LogP contribution in [0, 0.1) is 18.8 Å². The van der Waals surface area contributed by atoms with Crippen molar-refractivity contribution in [3.8, 4) is 22.6 Å². The van der Waals surface area contributed by atoms with Gasteiger partial charge in [0.1, 0.15) is 17.6 Å². The van der Waals surface area contributed by atoms with Gasteiger partial charge in [-0.05, 0) is 116 Å². The van der Waals surface area contributed by atoms with E-state index < -0.39 is 70.7 Å². The highest BCUT2D eigenvalue weighted by atomic mass is 19.4. The lowest BCUT2D eigenvalue weighted by molar-refractivity contribution is -0.155. The van der Waals surface area contributed by atoms with E-state index in [0.717, 1.165) is 12.1 Å². The minimum atomic E-state index is -5.11. The van der Waals surface area contributed by atoms with E-state index in [-0.39, 0.29) is 63.4 Å². The van der Waals surface area contributed by atoms with Gasteiger partial charge in [0, 0.05) is 18.4 Å². The molecule has 4 rings (SSSR count). The maximum absolute atomic E-state index is 14.0. The van der Waals surface area contributed by atoms with Crippen molar-refractivity contribution in [3.05, 3.63) is 81.9 Å². The lowest BCUT2D eigenvalue weighted by Crippen LogP contribution is -2.26. The maximum atomic E-state index is 14.0. The average molecular weight is 749 g/mol. The monoisotopic (exact) mass is 748 g/mol. The Labute approximate surface area is 293 Å². The van der Waals surface area contributed by atoms with Gasteiger partial charge in [-0.15, -0.1) is 0 Å². The molecule has 3 aromatic carbocycles. The fourth-order valence-corrected chi connectivity index (χ4v) is 6.23. The van der Waals surface area contributed by atoms with Crippen LogP contribution in [0.15, 0.2) is 48.5 Å². The van der Waals surface area contributed by atoms with Crippen LogP contribution >= 0.6 is 0 Å². The number of aryl methyl sites for hydroxylation is 1. The molecular formula is C37H37F9O6. The molecule has 3 aromatic rings. The summed E-state index contributed by atoms with van der Waals surface area (Å²) in [5.74, 6) is -2.60. The summed E-state index contributed by atoms with van der Waals surface area (Å²) in [6.07, 6.45) is -16.4. The number of esters is 1. The van der Waals surface area contributed by atoms with E-state index in [1.807, 2.05) is 0 Å². The SMILES string of the molecule is CCOc1cc(C)c(OCCCC(=O)O)cc1-c1ccc(C(F)(F)F)cc1CC1CC[C@@H](C)[C@@H](c2cc(C(F)(F)F)cc(C(F)(F)F)c2)OC(=O)C1. The minimum Gasteiger partial charge on any atom is -0.493 e. The fourth-order valence-electron chi connectivity index (χ4n) is 6.23. The van der Waals surface area contributed by atoms with E-state index in [1.165, 1.54) is 13.0 Å². The summed E-state index contributed by atoms with van der Waals surface area (Å²) in [5, 5.41) is 8.94. The van der Waals surface area contributed by atoms with Crippen molar-refractivity contribution in [3.63, 3.8) is 0 Å². The number of hydrogen-bond acceptors (Lipinski definition) is 5. The molecule has 0 amide bonds. The van der Waals surface area contributed by atoms with Crippen LogP contribution in [0.5, 0.6) is 11.5 Å². The van der Waals surface area contributed by atoms with Crippen LogP contribution in [0.3, 0.4) is 0 Å². The summed E-state index contributed by atoms with van der Waals surface area (Å²) in [5.41, 5.74) is -2.95. The smallest absolute Gasteiger partial charge is 0.416 e. The quantitative estimate of drug-likeness (QED) is 0.119. The number of rotatable bonds is 11. The summed E-state index contributed by atoms with van der Waals surface area (Å²) < 4.78 is 140. The molecule has 0 bridgehead atoms. The van der Waals surface area contributed by atoms with Gasteiger partial charge in [-0.25, -0.2) is 0 Å². The molecule has 0 aliphatic carbocycles. The first-order valence-electron chi connectivity index (χ1n) is 16.5. The fraction of sp³-hybridized carbons (Fsp3) is 0.459. The zero-order valence-electron chi connectivity index (χ0n) is 28.4. The Morgan fingerprint density at radius 1 is 0.827 bits per heavy atom. The number of carboxylic acids is 1. The molecule has 284 valence electrons. The number of halogens is 9. The van der Waals surface area contributed by atoms with E-state index in [2.05, 4.69) is 0 Å². The largest absolute Gasteiger partial charge is 0.493 e. The van der Waals surface area contributed by atoms with Gasteiger partial charge >= 0.3 is 30.5 Å². The molecule has 1 aliphatic heterocycles. The summed E-state index contributed by atoms with van der Waals surface area (Å²) in [6, 6.07) is 7.45. The van der Waals surface area contributed by atoms with Gasteiger partial charge in [0.25, 0.3) is 0 Å². The number of aliphatic carboxylic acids is 1. The average Bonchev–Trinajstić information content (AvgIpc) is 3.03. The van der Waals surface area contributed by atoms with Crippen LogP contribution in [0.25, 0.3) is 11.1 Å². The molecule has 1 saturated heterocycles. The van der Waals surface area contributed by atoms with Crippen LogP contribution in [-0.4, -0.2) is 30.3 Å². The Morgan fingerprint density at radius 3 is 2.04 bits per heavy atom. The highest BCUT2D eigenvalue weighted by Gasteiger charge is 2.39. The first-order chi connectivity index (χ1) is 24.2. The Kier molecular flexibility index (Phi) is 12.5. The summed E-state index contributed by atoms with van der Waals surface area (Å²) >= 11 is 0. The van der Waals surface area contributed by atoms with E-state index >= 15 is 0 Å². The third-order valence-electron chi connectivity index (χ3n) is 8.80. The second kappa shape index (κ2) is 16.1. The molecule has 1 fully saturated rings. The van der Waals surface area contributed by atoms with Crippen molar-refractivity contribution >= 4 is 11.9 Å². The van der Waals surface area contributed by atoms with Crippen LogP contribution in [-0.2, 0) is 39.3 Å². The first-order valence-corrected chi connectivity index (χ1v) is 16.5. The molecule has 0 aromatic heterocycles. The molecule has 1 unspecified atom stereocenters. The normalized spacial score (nSPS) is 18.7. The van der Waals surface area contributed by atoms with Crippen molar-refractivity contribution in [2.24, 2.45) is 11.8 Å². The van der Waals surface area contributed by atoms with Gasteiger partial charge in [-0.2, -0.15) is 39.5 Å². The number of ether oxygens (including phenoxy) is 3. The molecule has 1 aliphatic rings. The molecule has 1 N–H and O–H groups in total. The van der Waals surface area contributed by atoms with Gasteiger partial charge in [-0.3, -0.25) is 9.59 Å². The topological polar surface area (TPSA) is 82.1 Å². The van der Waals surface area contributed by atoms with Crippen LogP contribution in [0.2, 0.25) is 0 Å². The highest BCUT2D eigenvalue weighted by Crippen LogP contribution is 2.44. The molecular weight excluding hydrogens is 711 g/mol. The van der Waals surface area contributed by atoms with Gasteiger partial charge in [0.05, 0.1) is 29.9 Å². The lowest BCUT2D eigenvalue weighted by Gasteiger charge is -2.31. The zero-order valence-corrected chi connectivity index (χ0v) is 28.4. The second-order valence-corrected chi connectivity index (χ2v) is 12.8. The van der Waals surface area contributed by atoms with E-state index in [9.17, 15) is 49.1 Å². The van der Waals surface area contributed by atoms with Crippen molar-refractivity contribution in [2.45, 2.75) is 83.9 Å². The molecule has 0 radical (unpaired) electrons. The molecule has 0 spiro atoms. The Bertz CT molecular complexity index is 1710. The first kappa shape index (κ1) is 40.3. The van der Waals surface area contributed by atoms with Crippen molar-refractivity contribution in [1.82, 2.24) is 0 Å². The Morgan fingerprint density at radius 2 is 1.46 bits per heavy atom. The Balaban J connectivity index is 1.69. The molecule has 0 saturated carbocycles. The van der Waals surface area contributed by atoms with E-state index in [4.69, 9.17) is 19.3 Å². The number of carboxylic acid groups (broad SMARTS) is 1. The number of carbonyl (C=O) groups is 2. The third-order valence-corrected chi connectivity index (χ3v) is 8.80.